The average molecular weight is 496 g/mol. The van der Waals surface area contributed by atoms with Crippen molar-refractivity contribution >= 4 is 22.9 Å². The second-order valence-corrected chi connectivity index (χ2v) is 9.47. The van der Waals surface area contributed by atoms with Crippen LogP contribution in [0.15, 0.2) is 60.0 Å². The number of amides is 1. The van der Waals surface area contributed by atoms with E-state index < -0.39 is 0 Å². The van der Waals surface area contributed by atoms with Crippen LogP contribution in [0.1, 0.15) is 28.2 Å². The Kier molecular flexibility index (Phi) is 8.15. The molecule has 3 aromatic rings. The minimum absolute atomic E-state index is 0.0823. The lowest BCUT2D eigenvalue weighted by molar-refractivity contribution is 0.0890. The molecule has 0 unspecified atom stereocenters. The molecule has 0 saturated carbocycles. The number of hydrogen-bond acceptors (Lipinski definition) is 7. The van der Waals surface area contributed by atoms with Crippen molar-refractivity contribution in [3.8, 4) is 17.2 Å². The van der Waals surface area contributed by atoms with Crippen LogP contribution in [0.3, 0.4) is 0 Å². The number of rotatable bonds is 9. The second-order valence-electron chi connectivity index (χ2n) is 8.49. The van der Waals surface area contributed by atoms with Gasteiger partial charge in [0.2, 0.25) is 0 Å². The number of carbonyl (C=O) groups is 1. The molecule has 1 aliphatic rings. The highest BCUT2D eigenvalue weighted by atomic mass is 32.1. The van der Waals surface area contributed by atoms with Crippen molar-refractivity contribution < 1.29 is 19.0 Å². The predicted molar refractivity (Wildman–Crippen MR) is 140 cm³/mol. The molecule has 7 nitrogen and oxygen atoms in total. The lowest BCUT2D eigenvalue weighted by Crippen LogP contribution is -2.52. The Morgan fingerprint density at radius 2 is 1.60 bits per heavy atom. The normalized spacial score (nSPS) is 15.8. The molecule has 0 aliphatic carbocycles. The van der Waals surface area contributed by atoms with Crippen LogP contribution in [0.2, 0.25) is 0 Å². The molecular weight excluding hydrogens is 462 g/mol. The van der Waals surface area contributed by atoms with Gasteiger partial charge in [-0.2, -0.15) is 0 Å². The van der Waals surface area contributed by atoms with E-state index in [9.17, 15) is 4.79 Å². The molecule has 1 saturated heterocycles. The molecule has 1 aromatic heterocycles. The van der Waals surface area contributed by atoms with E-state index >= 15 is 0 Å². The van der Waals surface area contributed by atoms with E-state index in [1.807, 2.05) is 18.2 Å². The molecule has 8 heteroatoms. The summed E-state index contributed by atoms with van der Waals surface area (Å²) in [5.74, 6) is 1.90. The maximum Gasteiger partial charge on any atom is 0.251 e. The number of para-hydroxylation sites is 2. The van der Waals surface area contributed by atoms with Crippen LogP contribution in [-0.2, 0) is 0 Å². The summed E-state index contributed by atoms with van der Waals surface area (Å²) in [6, 6.07) is 17.6. The zero-order valence-electron chi connectivity index (χ0n) is 20.7. The third kappa shape index (κ3) is 5.55. The Labute approximate surface area is 211 Å². The van der Waals surface area contributed by atoms with Gasteiger partial charge in [-0.1, -0.05) is 18.2 Å². The number of hydrogen-bond donors (Lipinski definition) is 1. The first-order valence-electron chi connectivity index (χ1n) is 11.7. The first kappa shape index (κ1) is 24.9. The van der Waals surface area contributed by atoms with Gasteiger partial charge in [-0.05, 0) is 48.7 Å². The number of nitrogens with zero attached hydrogens (tertiary/aromatic N) is 2. The largest absolute Gasteiger partial charge is 0.495 e. The monoisotopic (exact) mass is 495 g/mol. The lowest BCUT2D eigenvalue weighted by Gasteiger charge is -2.42. The van der Waals surface area contributed by atoms with Crippen molar-refractivity contribution in [1.29, 1.82) is 0 Å². The molecule has 2 heterocycles. The number of thiophene rings is 1. The van der Waals surface area contributed by atoms with E-state index in [1.54, 1.807) is 50.9 Å². The van der Waals surface area contributed by atoms with Crippen LogP contribution >= 0.6 is 11.3 Å². The van der Waals surface area contributed by atoms with Gasteiger partial charge in [0.05, 0.1) is 33.1 Å². The van der Waals surface area contributed by atoms with Crippen LogP contribution in [0.25, 0.3) is 0 Å². The Balaban J connectivity index is 1.48. The van der Waals surface area contributed by atoms with Gasteiger partial charge in [0.25, 0.3) is 5.91 Å². The number of piperazine rings is 1. The number of nitrogens with one attached hydrogen (secondary N) is 1. The highest BCUT2D eigenvalue weighted by molar-refractivity contribution is 7.10. The molecule has 1 N–H and O–H groups in total. The fourth-order valence-electron chi connectivity index (χ4n) is 4.68. The molecule has 0 radical (unpaired) electrons. The average Bonchev–Trinajstić information content (AvgIpc) is 3.43. The van der Waals surface area contributed by atoms with Crippen molar-refractivity contribution in [3.05, 3.63) is 70.4 Å². The van der Waals surface area contributed by atoms with Crippen molar-refractivity contribution in [3.63, 3.8) is 0 Å². The fourth-order valence-corrected chi connectivity index (χ4v) is 5.64. The standard InChI is InChI=1S/C27H33N3O4S/c1-19(28-27(31)20-11-12-23(33-3)24(18-20)34-4)26(25-10-7-17-35-25)30-15-13-29(14-16-30)21-8-5-6-9-22(21)32-2/h5-12,17-19,26H,13-16H2,1-4H3,(H,28,31)/t19-,26-/m1/s1. The second kappa shape index (κ2) is 11.5. The third-order valence-electron chi connectivity index (χ3n) is 6.45. The Bertz CT molecular complexity index is 1110. The van der Waals surface area contributed by atoms with Gasteiger partial charge in [-0.3, -0.25) is 9.69 Å². The summed E-state index contributed by atoms with van der Waals surface area (Å²) in [7, 11) is 4.86. The fraction of sp³-hybridized carbons (Fsp3) is 0.370. The van der Waals surface area contributed by atoms with Crippen molar-refractivity contribution in [2.75, 3.05) is 52.4 Å². The molecule has 35 heavy (non-hydrogen) atoms. The van der Waals surface area contributed by atoms with E-state index in [2.05, 4.69) is 45.6 Å². The quantitative estimate of drug-likeness (QED) is 0.473. The molecule has 2 aromatic carbocycles. The maximum absolute atomic E-state index is 13.1. The van der Waals surface area contributed by atoms with Crippen LogP contribution in [0.5, 0.6) is 17.2 Å². The highest BCUT2D eigenvalue weighted by Crippen LogP contribution is 2.33. The summed E-state index contributed by atoms with van der Waals surface area (Å²) < 4.78 is 16.2. The zero-order chi connectivity index (χ0) is 24.8. The minimum atomic E-state index is -0.132. The zero-order valence-corrected chi connectivity index (χ0v) is 21.5. The predicted octanol–water partition coefficient (Wildman–Crippen LogP) is 4.46. The Morgan fingerprint density at radius 1 is 0.886 bits per heavy atom. The van der Waals surface area contributed by atoms with E-state index in [-0.39, 0.29) is 18.0 Å². The summed E-state index contributed by atoms with van der Waals surface area (Å²) in [4.78, 5) is 19.2. The van der Waals surface area contributed by atoms with Gasteiger partial charge >= 0.3 is 0 Å². The molecule has 2 atom stereocenters. The Morgan fingerprint density at radius 3 is 2.26 bits per heavy atom. The summed E-state index contributed by atoms with van der Waals surface area (Å²) in [6.07, 6.45) is 0. The van der Waals surface area contributed by atoms with E-state index in [0.717, 1.165) is 37.6 Å². The van der Waals surface area contributed by atoms with E-state index in [4.69, 9.17) is 14.2 Å². The van der Waals surface area contributed by atoms with E-state index in [0.29, 0.717) is 17.1 Å². The minimum Gasteiger partial charge on any atom is -0.495 e. The van der Waals surface area contributed by atoms with Crippen LogP contribution in [0, 0.1) is 0 Å². The van der Waals surface area contributed by atoms with Crippen molar-refractivity contribution in [2.45, 2.75) is 19.0 Å². The molecule has 4 rings (SSSR count). The summed E-state index contributed by atoms with van der Waals surface area (Å²) in [5, 5.41) is 5.32. The summed E-state index contributed by atoms with van der Waals surface area (Å²) in [5.41, 5.74) is 1.66. The SMILES string of the molecule is COc1ccc(C(=O)N[C@H](C)[C@H](c2cccs2)N2CCN(c3ccccc3OC)CC2)cc1OC. The van der Waals surface area contributed by atoms with Gasteiger partial charge in [0.1, 0.15) is 5.75 Å². The number of benzene rings is 2. The highest BCUT2D eigenvalue weighted by Gasteiger charge is 2.31. The van der Waals surface area contributed by atoms with Crippen LogP contribution < -0.4 is 24.4 Å². The van der Waals surface area contributed by atoms with Crippen molar-refractivity contribution in [2.24, 2.45) is 0 Å². The molecule has 1 aliphatic heterocycles. The van der Waals surface area contributed by atoms with Gasteiger partial charge in [-0.15, -0.1) is 11.3 Å². The number of carbonyl (C=O) groups excluding carboxylic acids is 1. The molecule has 1 fully saturated rings. The molecule has 0 spiro atoms. The number of methoxy groups -OCH3 is 3. The molecule has 0 bridgehead atoms. The maximum atomic E-state index is 13.1. The summed E-state index contributed by atoms with van der Waals surface area (Å²) in [6.45, 7) is 5.63. The smallest absolute Gasteiger partial charge is 0.251 e. The van der Waals surface area contributed by atoms with Gasteiger partial charge in [0, 0.05) is 42.7 Å². The molecule has 1 amide bonds. The Hall–Kier alpha value is -3.23. The molecule has 186 valence electrons. The topological polar surface area (TPSA) is 63.3 Å². The molecular formula is C27H33N3O4S. The van der Waals surface area contributed by atoms with Gasteiger partial charge in [-0.25, -0.2) is 0 Å². The van der Waals surface area contributed by atoms with Gasteiger partial charge in [0.15, 0.2) is 11.5 Å². The third-order valence-corrected chi connectivity index (χ3v) is 7.39. The van der Waals surface area contributed by atoms with E-state index in [1.165, 1.54) is 4.88 Å². The van der Waals surface area contributed by atoms with Crippen molar-refractivity contribution in [1.82, 2.24) is 10.2 Å². The van der Waals surface area contributed by atoms with Crippen LogP contribution in [0.4, 0.5) is 5.69 Å². The first-order chi connectivity index (χ1) is 17.0. The van der Waals surface area contributed by atoms with Crippen LogP contribution in [-0.4, -0.2) is 64.4 Å². The van der Waals surface area contributed by atoms with Gasteiger partial charge < -0.3 is 24.4 Å². The lowest BCUT2D eigenvalue weighted by atomic mass is 10.0. The summed E-state index contributed by atoms with van der Waals surface area (Å²) >= 11 is 1.73. The number of anilines is 1. The number of ether oxygens (including phenoxy) is 3. The first-order valence-corrected chi connectivity index (χ1v) is 12.6.